The summed E-state index contributed by atoms with van der Waals surface area (Å²) in [6.07, 6.45) is 3.46. The van der Waals surface area contributed by atoms with Crippen molar-refractivity contribution in [2.45, 2.75) is 31.7 Å². The molecule has 1 fully saturated rings. The van der Waals surface area contributed by atoms with Crippen LogP contribution in [0.4, 0.5) is 0 Å². The van der Waals surface area contributed by atoms with Gasteiger partial charge in [-0.3, -0.25) is 4.79 Å². The van der Waals surface area contributed by atoms with Gasteiger partial charge in [-0.25, -0.2) is 0 Å². The van der Waals surface area contributed by atoms with E-state index in [4.69, 9.17) is 4.74 Å². The topological polar surface area (TPSA) is 29.5 Å². The summed E-state index contributed by atoms with van der Waals surface area (Å²) in [5.74, 6) is -0.0800. The number of esters is 1. The third-order valence-corrected chi connectivity index (χ3v) is 11.2. The molecule has 1 unspecified atom stereocenters. The van der Waals surface area contributed by atoms with Gasteiger partial charge in [0, 0.05) is 6.04 Å². The maximum absolute atomic E-state index is 12.5. The Morgan fingerprint density at radius 2 is 1.23 bits per heavy atom. The molecule has 0 N–H and O–H groups in total. The van der Waals surface area contributed by atoms with Crippen LogP contribution in [0.25, 0.3) is 0 Å². The average molecular weight is 416 g/mol. The number of hydrogen-bond donors (Lipinski definition) is 0. The van der Waals surface area contributed by atoms with Crippen LogP contribution in [0, 0.1) is 0 Å². The van der Waals surface area contributed by atoms with Gasteiger partial charge in [0.1, 0.15) is 0 Å². The normalized spacial score (nSPS) is 17.8. The number of benzene rings is 3. The first-order valence-electron chi connectivity index (χ1n) is 10.8. The lowest BCUT2D eigenvalue weighted by Gasteiger charge is -2.45. The highest BCUT2D eigenvalue weighted by atomic mass is 28.3. The van der Waals surface area contributed by atoms with Gasteiger partial charge in [0.2, 0.25) is 8.24 Å². The van der Waals surface area contributed by atoms with Gasteiger partial charge in [0.25, 0.3) is 0 Å². The van der Waals surface area contributed by atoms with Crippen LogP contribution in [0.15, 0.2) is 91.0 Å². The number of cyclic esters (lactones) is 1. The molecule has 0 radical (unpaired) electrons. The van der Waals surface area contributed by atoms with Crippen LogP contribution >= 0.6 is 0 Å². The molecule has 3 nitrogen and oxygen atoms in total. The lowest BCUT2D eigenvalue weighted by atomic mass is 10.1. The van der Waals surface area contributed by atoms with E-state index in [-0.39, 0.29) is 12.0 Å². The summed E-state index contributed by atoms with van der Waals surface area (Å²) in [5, 5.41) is 4.00. The third-order valence-electron chi connectivity index (χ3n) is 6.25. The first-order valence-corrected chi connectivity index (χ1v) is 12.7. The second kappa shape index (κ2) is 9.41. The molecule has 0 saturated carbocycles. The summed E-state index contributed by atoms with van der Waals surface area (Å²) in [7, 11) is -0.336. The summed E-state index contributed by atoms with van der Waals surface area (Å²) in [5.41, 5.74) is 0. The van der Waals surface area contributed by atoms with E-state index in [1.165, 1.54) is 15.6 Å². The number of rotatable bonds is 5. The van der Waals surface area contributed by atoms with E-state index in [2.05, 4.69) is 103 Å². The highest BCUT2D eigenvalue weighted by molar-refractivity contribution is 7.09. The first-order chi connectivity index (χ1) is 14.7. The van der Waals surface area contributed by atoms with Gasteiger partial charge in [-0.2, -0.15) is 0 Å². The van der Waals surface area contributed by atoms with Crippen LogP contribution in [0.2, 0.25) is 0 Å². The molecule has 0 aliphatic carbocycles. The molecule has 1 atom stereocenters. The Hall–Kier alpha value is -2.69. The molecule has 0 aromatic heterocycles. The van der Waals surface area contributed by atoms with Crippen LogP contribution in [0.5, 0.6) is 0 Å². The molecule has 0 bridgehead atoms. The van der Waals surface area contributed by atoms with E-state index >= 15 is 0 Å². The number of carbonyl (C=O) groups is 1. The first kappa shape index (κ1) is 20.6. The zero-order valence-corrected chi connectivity index (χ0v) is 18.5. The molecule has 1 aliphatic rings. The molecule has 1 heterocycles. The van der Waals surface area contributed by atoms with E-state index in [0.717, 1.165) is 19.3 Å². The maximum atomic E-state index is 12.5. The predicted molar refractivity (Wildman–Crippen MR) is 125 cm³/mol. The van der Waals surface area contributed by atoms with Gasteiger partial charge in [-0.1, -0.05) is 91.0 Å². The monoisotopic (exact) mass is 415 g/mol. The van der Waals surface area contributed by atoms with Gasteiger partial charge in [0.05, 0.1) is 13.0 Å². The van der Waals surface area contributed by atoms with Crippen molar-refractivity contribution < 1.29 is 9.53 Å². The van der Waals surface area contributed by atoms with Crippen molar-refractivity contribution >= 4 is 29.8 Å². The van der Waals surface area contributed by atoms with Crippen molar-refractivity contribution in [3.8, 4) is 0 Å². The Bertz CT molecular complexity index is 850. The predicted octanol–water partition coefficient (Wildman–Crippen LogP) is 3.07. The van der Waals surface area contributed by atoms with E-state index in [0.29, 0.717) is 13.0 Å². The molecule has 4 rings (SSSR count). The molecule has 30 heavy (non-hydrogen) atoms. The lowest BCUT2D eigenvalue weighted by Crippen LogP contribution is -2.78. The van der Waals surface area contributed by atoms with Crippen molar-refractivity contribution in [3.63, 3.8) is 0 Å². The van der Waals surface area contributed by atoms with Crippen molar-refractivity contribution in [1.29, 1.82) is 0 Å². The van der Waals surface area contributed by atoms with Crippen LogP contribution in [-0.2, 0) is 9.53 Å². The second-order valence-electron chi connectivity index (χ2n) is 7.99. The van der Waals surface area contributed by atoms with Crippen LogP contribution < -0.4 is 15.6 Å². The summed E-state index contributed by atoms with van der Waals surface area (Å²) < 4.78 is 7.98. The molecule has 0 spiro atoms. The molecule has 0 amide bonds. The summed E-state index contributed by atoms with van der Waals surface area (Å²) in [4.78, 5) is 12.5. The highest BCUT2D eigenvalue weighted by Gasteiger charge is 2.46. The van der Waals surface area contributed by atoms with Crippen LogP contribution in [-0.4, -0.2) is 38.5 Å². The van der Waals surface area contributed by atoms with Crippen molar-refractivity contribution in [1.82, 2.24) is 4.57 Å². The molecular weight excluding hydrogens is 386 g/mol. The number of nitrogens with zero attached hydrogens (tertiary/aromatic N) is 1. The molecular formula is C26H29NO2Si. The second-order valence-corrected chi connectivity index (χ2v) is 11.9. The Morgan fingerprint density at radius 1 is 0.767 bits per heavy atom. The lowest BCUT2D eigenvalue weighted by molar-refractivity contribution is -0.145. The van der Waals surface area contributed by atoms with E-state index < -0.39 is 8.24 Å². The molecule has 3 aromatic carbocycles. The minimum atomic E-state index is -2.56. The van der Waals surface area contributed by atoms with Crippen molar-refractivity contribution in [2.24, 2.45) is 0 Å². The van der Waals surface area contributed by atoms with E-state index in [9.17, 15) is 4.79 Å². The molecule has 154 valence electrons. The summed E-state index contributed by atoms with van der Waals surface area (Å²) in [6, 6.07) is 32.7. The Morgan fingerprint density at radius 3 is 1.70 bits per heavy atom. The quantitative estimate of drug-likeness (QED) is 0.364. The smallest absolute Gasteiger partial charge is 0.307 e. The number of hydrogen-bond acceptors (Lipinski definition) is 3. The van der Waals surface area contributed by atoms with E-state index in [1.54, 1.807) is 0 Å². The van der Waals surface area contributed by atoms with Crippen LogP contribution in [0.1, 0.15) is 25.7 Å². The standard InChI is InChI=1S/C26H29NO2Si/c1-27(22-13-11-12-20-29-26(28)21-22)30(23-14-5-2-6-15-23,24-16-7-3-8-17-24)25-18-9-4-10-19-25/h2-10,14-19,22H,11-13,20-21H2,1H3. The van der Waals surface area contributed by atoms with Gasteiger partial charge in [-0.05, 0) is 41.9 Å². The van der Waals surface area contributed by atoms with Gasteiger partial charge >= 0.3 is 5.97 Å². The molecule has 1 aliphatic heterocycles. The Labute approximate surface area is 180 Å². The van der Waals surface area contributed by atoms with Gasteiger partial charge < -0.3 is 9.30 Å². The number of carbonyl (C=O) groups excluding carboxylic acids is 1. The Kier molecular flexibility index (Phi) is 6.46. The fourth-order valence-electron chi connectivity index (χ4n) is 4.77. The summed E-state index contributed by atoms with van der Waals surface area (Å²) >= 11 is 0. The highest BCUT2D eigenvalue weighted by Crippen LogP contribution is 2.22. The van der Waals surface area contributed by atoms with Crippen molar-refractivity contribution in [3.05, 3.63) is 91.0 Å². The van der Waals surface area contributed by atoms with E-state index in [1.807, 2.05) is 0 Å². The van der Waals surface area contributed by atoms with Gasteiger partial charge in [0.15, 0.2) is 0 Å². The number of ether oxygens (including phenoxy) is 1. The average Bonchev–Trinajstić information content (AvgIpc) is 2.79. The largest absolute Gasteiger partial charge is 0.466 e. The molecule has 3 aromatic rings. The minimum Gasteiger partial charge on any atom is -0.466 e. The third kappa shape index (κ3) is 3.98. The maximum Gasteiger partial charge on any atom is 0.307 e. The fraction of sp³-hybridized carbons (Fsp3) is 0.269. The van der Waals surface area contributed by atoms with Crippen molar-refractivity contribution in [2.75, 3.05) is 13.7 Å². The summed E-state index contributed by atoms with van der Waals surface area (Å²) in [6.45, 7) is 0.549. The van der Waals surface area contributed by atoms with Crippen LogP contribution in [0.3, 0.4) is 0 Å². The Balaban J connectivity index is 1.93. The fourth-order valence-corrected chi connectivity index (χ4v) is 9.79. The molecule has 1 saturated heterocycles. The minimum absolute atomic E-state index is 0.0800. The SMILES string of the molecule is CN(C1CCCCOC(=O)C1)[Si](c1ccccc1)(c1ccccc1)c1ccccc1. The van der Waals surface area contributed by atoms with Gasteiger partial charge in [-0.15, -0.1) is 0 Å². The zero-order chi connectivity index (χ0) is 20.8. The molecule has 4 heteroatoms. The zero-order valence-electron chi connectivity index (χ0n) is 17.5.